The highest BCUT2D eigenvalue weighted by molar-refractivity contribution is 14.1. The molecule has 0 amide bonds. The zero-order valence-electron chi connectivity index (χ0n) is 7.81. The molecule has 2 aromatic rings. The predicted octanol–water partition coefficient (Wildman–Crippen LogP) is 4.34. The fourth-order valence-electron chi connectivity index (χ4n) is 1.47. The topological polar surface area (TPSA) is 13.1 Å². The summed E-state index contributed by atoms with van der Waals surface area (Å²) in [6, 6.07) is 6.25. The number of alkyl halides is 1. The average molecular weight is 321 g/mol. The van der Waals surface area contributed by atoms with Gasteiger partial charge in [0.05, 0.1) is 3.57 Å². The van der Waals surface area contributed by atoms with Crippen molar-refractivity contribution in [2.75, 3.05) is 0 Å². The van der Waals surface area contributed by atoms with E-state index < -0.39 is 0 Å². The number of halogens is 2. The van der Waals surface area contributed by atoms with E-state index in [1.807, 2.05) is 0 Å². The van der Waals surface area contributed by atoms with Crippen LogP contribution in [0, 0.1) is 3.57 Å². The minimum Gasteiger partial charge on any atom is -0.460 e. The average Bonchev–Trinajstić information content (AvgIpc) is 2.61. The first-order chi connectivity index (χ1) is 6.74. The summed E-state index contributed by atoms with van der Waals surface area (Å²) in [5, 5.41) is 1.16. The summed E-state index contributed by atoms with van der Waals surface area (Å²) in [5.41, 5.74) is 2.13. The second-order valence-corrected chi connectivity index (χ2v) is 4.63. The number of fused-ring (bicyclic) bond motifs is 1. The molecule has 14 heavy (non-hydrogen) atoms. The number of hydrogen-bond acceptors (Lipinski definition) is 1. The maximum absolute atomic E-state index is 5.81. The highest BCUT2D eigenvalue weighted by atomic mass is 127. The molecule has 3 heteroatoms. The molecule has 0 spiro atoms. The molecule has 0 bridgehead atoms. The van der Waals surface area contributed by atoms with Gasteiger partial charge < -0.3 is 4.42 Å². The molecule has 0 unspecified atom stereocenters. The standard InChI is InChI=1S/C11H10ClIO/c1-2-9-5-8-3-7(6-12)4-10(13)11(8)14-9/h3-5H,2,6H2,1H3. The maximum Gasteiger partial charge on any atom is 0.147 e. The van der Waals surface area contributed by atoms with Gasteiger partial charge in [0, 0.05) is 17.7 Å². The number of hydrogen-bond donors (Lipinski definition) is 0. The lowest BCUT2D eigenvalue weighted by Crippen LogP contribution is -1.79. The lowest BCUT2D eigenvalue weighted by Gasteiger charge is -1.97. The van der Waals surface area contributed by atoms with Crippen LogP contribution in [0.15, 0.2) is 22.6 Å². The molecular weight excluding hydrogens is 310 g/mol. The minimum absolute atomic E-state index is 0.554. The molecule has 0 saturated carbocycles. The van der Waals surface area contributed by atoms with Crippen LogP contribution < -0.4 is 0 Å². The van der Waals surface area contributed by atoms with Crippen molar-refractivity contribution < 1.29 is 4.42 Å². The highest BCUT2D eigenvalue weighted by Crippen LogP contribution is 2.27. The molecule has 0 aliphatic heterocycles. The largest absolute Gasteiger partial charge is 0.460 e. The first-order valence-corrected chi connectivity index (χ1v) is 6.12. The molecule has 1 aromatic heterocycles. The van der Waals surface area contributed by atoms with Crippen LogP contribution in [0.3, 0.4) is 0 Å². The Kier molecular flexibility index (Phi) is 3.02. The van der Waals surface area contributed by atoms with Gasteiger partial charge in [-0.2, -0.15) is 0 Å². The molecule has 74 valence electrons. The van der Waals surface area contributed by atoms with Gasteiger partial charge in [-0.1, -0.05) is 6.92 Å². The van der Waals surface area contributed by atoms with Crippen LogP contribution in [0.1, 0.15) is 18.2 Å². The van der Waals surface area contributed by atoms with Gasteiger partial charge in [0.15, 0.2) is 0 Å². The van der Waals surface area contributed by atoms with Crippen molar-refractivity contribution in [1.82, 2.24) is 0 Å². The number of benzene rings is 1. The van der Waals surface area contributed by atoms with Crippen molar-refractivity contribution in [3.63, 3.8) is 0 Å². The van der Waals surface area contributed by atoms with E-state index in [1.54, 1.807) is 0 Å². The van der Waals surface area contributed by atoms with Gasteiger partial charge in [-0.25, -0.2) is 0 Å². The van der Waals surface area contributed by atoms with Gasteiger partial charge >= 0.3 is 0 Å². The van der Waals surface area contributed by atoms with Crippen molar-refractivity contribution in [2.45, 2.75) is 19.2 Å². The zero-order chi connectivity index (χ0) is 10.1. The highest BCUT2D eigenvalue weighted by Gasteiger charge is 2.07. The van der Waals surface area contributed by atoms with Crippen molar-refractivity contribution in [2.24, 2.45) is 0 Å². The maximum atomic E-state index is 5.81. The predicted molar refractivity (Wildman–Crippen MR) is 67.9 cm³/mol. The van der Waals surface area contributed by atoms with Gasteiger partial charge in [-0.15, -0.1) is 11.6 Å². The van der Waals surface area contributed by atoms with E-state index in [0.717, 1.165) is 32.3 Å². The molecule has 0 radical (unpaired) electrons. The quantitative estimate of drug-likeness (QED) is 0.592. The van der Waals surface area contributed by atoms with Gasteiger partial charge in [-0.05, 0) is 46.4 Å². The van der Waals surface area contributed by atoms with Gasteiger partial charge in [0.2, 0.25) is 0 Å². The Morgan fingerprint density at radius 2 is 2.14 bits per heavy atom. The van der Waals surface area contributed by atoms with Crippen LogP contribution in [-0.2, 0) is 12.3 Å². The Morgan fingerprint density at radius 3 is 2.79 bits per heavy atom. The van der Waals surface area contributed by atoms with E-state index in [4.69, 9.17) is 16.0 Å². The molecule has 0 fully saturated rings. The van der Waals surface area contributed by atoms with Crippen LogP contribution in [0.2, 0.25) is 0 Å². The monoisotopic (exact) mass is 320 g/mol. The SMILES string of the molecule is CCc1cc2cc(CCl)cc(I)c2o1. The summed E-state index contributed by atoms with van der Waals surface area (Å²) >= 11 is 8.09. The summed E-state index contributed by atoms with van der Waals surface area (Å²) in [4.78, 5) is 0. The molecule has 0 saturated heterocycles. The van der Waals surface area contributed by atoms with E-state index in [9.17, 15) is 0 Å². The summed E-state index contributed by atoms with van der Waals surface area (Å²) in [6.07, 6.45) is 0.932. The van der Waals surface area contributed by atoms with Crippen molar-refractivity contribution in [1.29, 1.82) is 0 Å². The molecule has 0 aliphatic rings. The van der Waals surface area contributed by atoms with Crippen LogP contribution >= 0.6 is 34.2 Å². The Hall–Kier alpha value is -0.220. The molecule has 2 rings (SSSR count). The molecule has 0 aliphatic carbocycles. The van der Waals surface area contributed by atoms with Crippen LogP contribution in [0.4, 0.5) is 0 Å². The van der Waals surface area contributed by atoms with Gasteiger partial charge in [0.25, 0.3) is 0 Å². The third kappa shape index (κ3) is 1.77. The van der Waals surface area contributed by atoms with E-state index in [1.165, 1.54) is 0 Å². The third-order valence-corrected chi connectivity index (χ3v) is 3.29. The Balaban J connectivity index is 2.67. The summed E-state index contributed by atoms with van der Waals surface area (Å²) in [5.74, 6) is 1.59. The molecule has 1 aromatic carbocycles. The second kappa shape index (κ2) is 4.11. The van der Waals surface area contributed by atoms with Crippen molar-refractivity contribution in [3.05, 3.63) is 33.1 Å². The van der Waals surface area contributed by atoms with Crippen molar-refractivity contribution >= 4 is 45.2 Å². The molecule has 0 N–H and O–H groups in total. The number of aryl methyl sites for hydroxylation is 1. The van der Waals surface area contributed by atoms with Gasteiger partial charge in [0.1, 0.15) is 11.3 Å². The third-order valence-electron chi connectivity index (χ3n) is 2.18. The van der Waals surface area contributed by atoms with Crippen LogP contribution in [-0.4, -0.2) is 0 Å². The summed E-state index contributed by atoms with van der Waals surface area (Å²) in [6.45, 7) is 2.09. The lowest BCUT2D eigenvalue weighted by molar-refractivity contribution is 0.555. The van der Waals surface area contributed by atoms with Gasteiger partial charge in [-0.3, -0.25) is 0 Å². The van der Waals surface area contributed by atoms with Crippen LogP contribution in [0.25, 0.3) is 11.0 Å². The second-order valence-electron chi connectivity index (χ2n) is 3.20. The minimum atomic E-state index is 0.554. The molecular formula is C11H10ClIO. The molecule has 1 nitrogen and oxygen atoms in total. The lowest BCUT2D eigenvalue weighted by atomic mass is 10.2. The first kappa shape index (κ1) is 10.3. The fraction of sp³-hybridized carbons (Fsp3) is 0.273. The van der Waals surface area contributed by atoms with Crippen LogP contribution in [0.5, 0.6) is 0 Å². The van der Waals surface area contributed by atoms with E-state index in [0.29, 0.717) is 5.88 Å². The number of rotatable bonds is 2. The smallest absolute Gasteiger partial charge is 0.147 e. The van der Waals surface area contributed by atoms with Crippen molar-refractivity contribution in [3.8, 4) is 0 Å². The Morgan fingerprint density at radius 1 is 1.36 bits per heavy atom. The van der Waals surface area contributed by atoms with E-state index in [2.05, 4.69) is 47.7 Å². The van der Waals surface area contributed by atoms with E-state index >= 15 is 0 Å². The first-order valence-electron chi connectivity index (χ1n) is 4.51. The molecule has 0 atom stereocenters. The fourth-order valence-corrected chi connectivity index (χ4v) is 2.45. The summed E-state index contributed by atoms with van der Waals surface area (Å²) < 4.78 is 6.83. The zero-order valence-corrected chi connectivity index (χ0v) is 10.7. The Labute approximate surface area is 102 Å². The number of furan rings is 1. The van der Waals surface area contributed by atoms with E-state index in [-0.39, 0.29) is 0 Å². The summed E-state index contributed by atoms with van der Waals surface area (Å²) in [7, 11) is 0. The molecule has 1 heterocycles. The Bertz CT molecular complexity index is 462. The normalized spacial score (nSPS) is 11.1.